The molecule has 3 aliphatic heterocycles. The van der Waals surface area contributed by atoms with E-state index in [1.54, 1.807) is 25.3 Å². The van der Waals surface area contributed by atoms with Crippen LogP contribution in [0.4, 0.5) is 5.69 Å². The zero-order chi connectivity index (χ0) is 26.5. The molecule has 2 saturated heterocycles. The third kappa shape index (κ3) is 3.83. The minimum absolute atomic E-state index is 0.120. The molecule has 5 rings (SSSR count). The second-order valence-electron chi connectivity index (χ2n) is 9.77. The number of fused-ring (bicyclic) bond motifs is 4. The molecule has 0 bridgehead atoms. The molecule has 0 aromatic heterocycles. The molecule has 2 fully saturated rings. The first-order valence-corrected chi connectivity index (χ1v) is 12.2. The minimum Gasteiger partial charge on any atom is -0.493 e. The number of likely N-dealkylation sites (tertiary alicyclic amines) is 1. The van der Waals surface area contributed by atoms with Gasteiger partial charge in [-0.15, -0.1) is 0 Å². The van der Waals surface area contributed by atoms with Gasteiger partial charge in [-0.25, -0.2) is 0 Å². The van der Waals surface area contributed by atoms with E-state index in [-0.39, 0.29) is 25.3 Å². The lowest BCUT2D eigenvalue weighted by atomic mass is 9.76. The molecule has 37 heavy (non-hydrogen) atoms. The van der Waals surface area contributed by atoms with Gasteiger partial charge in [0.05, 0.1) is 26.1 Å². The number of imide groups is 1. The average molecular weight is 508 g/mol. The van der Waals surface area contributed by atoms with E-state index in [1.807, 2.05) is 25.1 Å². The Morgan fingerprint density at radius 3 is 2.51 bits per heavy atom. The number of aryl methyl sites for hydroxylation is 1. The second kappa shape index (κ2) is 9.19. The molecular formula is C27H29N3O7. The normalized spacial score (nSPS) is 25.9. The quantitative estimate of drug-likeness (QED) is 0.461. The maximum absolute atomic E-state index is 13.9. The van der Waals surface area contributed by atoms with Crippen LogP contribution in [-0.2, 0) is 31.1 Å². The van der Waals surface area contributed by atoms with Gasteiger partial charge in [-0.2, -0.15) is 0 Å². The number of anilines is 1. The van der Waals surface area contributed by atoms with E-state index in [4.69, 9.17) is 9.47 Å². The van der Waals surface area contributed by atoms with Gasteiger partial charge in [-0.1, -0.05) is 23.8 Å². The summed E-state index contributed by atoms with van der Waals surface area (Å²) in [7, 11) is 3.08. The lowest BCUT2D eigenvalue weighted by Crippen LogP contribution is -2.53. The van der Waals surface area contributed by atoms with Crippen LogP contribution in [0.25, 0.3) is 0 Å². The standard InChI is InChI=1S/C27H29N3O7/c1-14-4-6-17-16(12-14)27(26(35)28-17)23-22(18(29-27)7-9-21(31)32)24(33)30(25(23)34)11-10-15-5-8-19(36-2)20(13-15)37-3/h4-6,8,12-13,18,22-23,29H,7,9-11H2,1-3H3,(H,28,35)(H,31,32)/t18-,22-,23-,27-/m1/s1. The number of nitrogens with zero attached hydrogens (tertiary/aromatic N) is 1. The molecule has 0 saturated carbocycles. The number of carbonyl (C=O) groups is 4. The molecule has 1 spiro atoms. The minimum atomic E-state index is -1.43. The van der Waals surface area contributed by atoms with Gasteiger partial charge in [0.2, 0.25) is 17.7 Å². The van der Waals surface area contributed by atoms with Crippen LogP contribution in [0.5, 0.6) is 11.5 Å². The van der Waals surface area contributed by atoms with Gasteiger partial charge in [0.15, 0.2) is 11.5 Å². The molecule has 3 N–H and O–H groups in total. The van der Waals surface area contributed by atoms with Gasteiger partial charge in [-0.05, 0) is 43.5 Å². The Balaban J connectivity index is 1.48. The first kappa shape index (κ1) is 24.8. The van der Waals surface area contributed by atoms with E-state index >= 15 is 0 Å². The highest BCUT2D eigenvalue weighted by Crippen LogP contribution is 2.53. The predicted molar refractivity (Wildman–Crippen MR) is 132 cm³/mol. The van der Waals surface area contributed by atoms with E-state index < -0.39 is 41.2 Å². The number of methoxy groups -OCH3 is 2. The van der Waals surface area contributed by atoms with Crippen molar-refractivity contribution in [2.45, 2.75) is 37.8 Å². The number of hydrogen-bond acceptors (Lipinski definition) is 7. The third-order valence-electron chi connectivity index (χ3n) is 7.70. The van der Waals surface area contributed by atoms with Crippen molar-refractivity contribution in [1.82, 2.24) is 10.2 Å². The summed E-state index contributed by atoms with van der Waals surface area (Å²) >= 11 is 0. The van der Waals surface area contributed by atoms with Crippen LogP contribution in [0.3, 0.4) is 0 Å². The van der Waals surface area contributed by atoms with Crippen LogP contribution >= 0.6 is 0 Å². The maximum atomic E-state index is 13.9. The summed E-state index contributed by atoms with van der Waals surface area (Å²) in [6, 6.07) is 10.3. The van der Waals surface area contributed by atoms with Crippen molar-refractivity contribution in [2.24, 2.45) is 11.8 Å². The summed E-state index contributed by atoms with van der Waals surface area (Å²) < 4.78 is 10.6. The summed E-state index contributed by atoms with van der Waals surface area (Å²) in [4.78, 5) is 53.6. The van der Waals surface area contributed by atoms with Gasteiger partial charge >= 0.3 is 5.97 Å². The van der Waals surface area contributed by atoms with Crippen LogP contribution in [0.15, 0.2) is 36.4 Å². The molecule has 2 aromatic rings. The third-order valence-corrected chi connectivity index (χ3v) is 7.70. The molecule has 4 atom stereocenters. The van der Waals surface area contributed by atoms with Gasteiger partial charge in [0.1, 0.15) is 5.54 Å². The van der Waals surface area contributed by atoms with Gasteiger partial charge in [-0.3, -0.25) is 29.4 Å². The Morgan fingerprint density at radius 1 is 1.05 bits per heavy atom. The lowest BCUT2D eigenvalue weighted by molar-refractivity contribution is -0.143. The van der Waals surface area contributed by atoms with Crippen LogP contribution < -0.4 is 20.1 Å². The zero-order valence-corrected chi connectivity index (χ0v) is 20.9. The van der Waals surface area contributed by atoms with Crippen LogP contribution in [0.1, 0.15) is 29.5 Å². The number of aliphatic carboxylic acids is 1. The molecule has 3 aliphatic rings. The van der Waals surface area contributed by atoms with Crippen molar-refractivity contribution in [3.8, 4) is 11.5 Å². The SMILES string of the molecule is COc1ccc(CCN2C(=O)[C@@H]3[C@@H](CCC(=O)O)N[C@@]4(C(=O)Nc5ccc(C)cc54)[C@H]3C2=O)cc1OC. The van der Waals surface area contributed by atoms with Gasteiger partial charge in [0.25, 0.3) is 0 Å². The van der Waals surface area contributed by atoms with Gasteiger partial charge < -0.3 is 19.9 Å². The first-order valence-electron chi connectivity index (χ1n) is 12.2. The molecule has 3 heterocycles. The number of benzene rings is 2. The van der Waals surface area contributed by atoms with Crippen molar-refractivity contribution in [1.29, 1.82) is 0 Å². The fourth-order valence-corrected chi connectivity index (χ4v) is 6.00. The van der Waals surface area contributed by atoms with Crippen LogP contribution in [-0.4, -0.2) is 60.5 Å². The van der Waals surface area contributed by atoms with E-state index in [9.17, 15) is 24.3 Å². The predicted octanol–water partition coefficient (Wildman–Crippen LogP) is 1.84. The summed E-state index contributed by atoms with van der Waals surface area (Å²) in [6.45, 7) is 2.02. The topological polar surface area (TPSA) is 134 Å². The fourth-order valence-electron chi connectivity index (χ4n) is 6.00. The molecule has 0 aliphatic carbocycles. The summed E-state index contributed by atoms with van der Waals surface area (Å²) in [5.41, 5.74) is 1.53. The van der Waals surface area contributed by atoms with Gasteiger partial charge in [0, 0.05) is 30.3 Å². The number of carboxylic acid groups (broad SMARTS) is 1. The summed E-state index contributed by atoms with van der Waals surface area (Å²) in [5.74, 6) is -2.90. The number of carboxylic acids is 1. The highest BCUT2D eigenvalue weighted by Gasteiger charge is 2.70. The number of carbonyl (C=O) groups excluding carboxylic acids is 3. The Morgan fingerprint density at radius 2 is 1.81 bits per heavy atom. The highest BCUT2D eigenvalue weighted by molar-refractivity contribution is 6.15. The molecule has 3 amide bonds. The molecule has 194 valence electrons. The Labute approximate surface area is 213 Å². The molecule has 10 heteroatoms. The Kier molecular flexibility index (Phi) is 6.15. The summed E-state index contributed by atoms with van der Waals surface area (Å²) in [6.07, 6.45) is 0.320. The number of rotatable bonds is 8. The van der Waals surface area contributed by atoms with Crippen molar-refractivity contribution in [3.05, 3.63) is 53.1 Å². The van der Waals surface area contributed by atoms with Crippen molar-refractivity contribution in [2.75, 3.05) is 26.1 Å². The van der Waals surface area contributed by atoms with E-state index in [0.29, 0.717) is 29.2 Å². The largest absolute Gasteiger partial charge is 0.493 e. The Hall–Kier alpha value is -3.92. The average Bonchev–Trinajstić information content (AvgIpc) is 3.45. The van der Waals surface area contributed by atoms with Crippen molar-refractivity contribution in [3.63, 3.8) is 0 Å². The Bertz CT molecular complexity index is 1310. The second-order valence-corrected chi connectivity index (χ2v) is 9.77. The van der Waals surface area contributed by atoms with Crippen LogP contribution in [0, 0.1) is 18.8 Å². The fraction of sp³-hybridized carbons (Fsp3) is 0.407. The van der Waals surface area contributed by atoms with Crippen molar-refractivity contribution >= 4 is 29.4 Å². The summed E-state index contributed by atoms with van der Waals surface area (Å²) in [5, 5.41) is 15.4. The number of amides is 3. The maximum Gasteiger partial charge on any atom is 0.303 e. The van der Waals surface area contributed by atoms with E-state index in [1.165, 1.54) is 12.0 Å². The van der Waals surface area contributed by atoms with Crippen molar-refractivity contribution < 1.29 is 33.8 Å². The number of nitrogens with one attached hydrogen (secondary N) is 2. The molecule has 2 aromatic carbocycles. The zero-order valence-electron chi connectivity index (χ0n) is 20.9. The van der Waals surface area contributed by atoms with Crippen LogP contribution in [0.2, 0.25) is 0 Å². The first-order chi connectivity index (χ1) is 17.7. The van der Waals surface area contributed by atoms with E-state index in [2.05, 4.69) is 10.6 Å². The molecular weight excluding hydrogens is 478 g/mol. The monoisotopic (exact) mass is 507 g/mol. The van der Waals surface area contributed by atoms with E-state index in [0.717, 1.165) is 11.1 Å². The molecule has 0 unspecified atom stereocenters. The number of ether oxygens (including phenoxy) is 2. The molecule has 0 radical (unpaired) electrons. The smallest absolute Gasteiger partial charge is 0.303 e. The molecule has 10 nitrogen and oxygen atoms in total. The highest BCUT2D eigenvalue weighted by atomic mass is 16.5. The lowest BCUT2D eigenvalue weighted by Gasteiger charge is -2.29. The number of hydrogen-bond donors (Lipinski definition) is 3.